The number of nitrogens with zero attached hydrogens (tertiary/aromatic N) is 3. The number of hydrogen-bond donors (Lipinski definition) is 1. The number of carbonyl (C=O) groups is 1. The van der Waals surface area contributed by atoms with Crippen LogP contribution in [0.3, 0.4) is 0 Å². The monoisotopic (exact) mass is 412 g/mol. The maximum Gasteiger partial charge on any atom is 0.286 e. The summed E-state index contributed by atoms with van der Waals surface area (Å²) < 4.78 is 28.5. The molecule has 0 aromatic heterocycles. The van der Waals surface area contributed by atoms with E-state index >= 15 is 0 Å². The Morgan fingerprint density at radius 1 is 1.03 bits per heavy atom. The molecule has 0 aliphatic carbocycles. The molecule has 8 heteroatoms. The van der Waals surface area contributed by atoms with E-state index in [2.05, 4.69) is 46.7 Å². The number of aryl methyl sites for hydroxylation is 1. The third-order valence-electron chi connectivity index (χ3n) is 5.54. The molecule has 2 heterocycles. The summed E-state index contributed by atoms with van der Waals surface area (Å²) >= 11 is 0. The molecule has 0 bridgehead atoms. The van der Waals surface area contributed by atoms with Gasteiger partial charge in [-0.3, -0.25) is 4.79 Å². The number of nitrogens with one attached hydrogen (secondary N) is 1. The van der Waals surface area contributed by atoms with Gasteiger partial charge in [0.25, 0.3) is 10.0 Å². The summed E-state index contributed by atoms with van der Waals surface area (Å²) in [5.74, 6) is 0.0529. The zero-order valence-electron chi connectivity index (χ0n) is 16.6. The summed E-state index contributed by atoms with van der Waals surface area (Å²) in [7, 11) is -3.77. The van der Waals surface area contributed by atoms with Crippen LogP contribution in [0.25, 0.3) is 0 Å². The largest absolute Gasteiger partial charge is 0.368 e. The maximum absolute atomic E-state index is 12.7. The first-order valence-corrected chi connectivity index (χ1v) is 11.1. The van der Waals surface area contributed by atoms with Crippen LogP contribution in [0, 0.1) is 13.8 Å². The van der Waals surface area contributed by atoms with E-state index in [1.807, 2.05) is 0 Å². The fraction of sp³-hybridized carbons (Fsp3) is 0.333. The predicted octanol–water partition coefficient (Wildman–Crippen LogP) is 2.56. The van der Waals surface area contributed by atoms with Crippen LogP contribution in [-0.2, 0) is 14.8 Å². The summed E-state index contributed by atoms with van der Waals surface area (Å²) in [4.78, 5) is 17.0. The van der Waals surface area contributed by atoms with Crippen molar-refractivity contribution in [3.63, 3.8) is 0 Å². The summed E-state index contributed by atoms with van der Waals surface area (Å²) in [6.07, 6.45) is -0.0585. The second-order valence-electron chi connectivity index (χ2n) is 7.40. The average molecular weight is 413 g/mol. The number of amides is 1. The minimum absolute atomic E-state index is 0.0585. The van der Waals surface area contributed by atoms with E-state index in [9.17, 15) is 13.2 Å². The van der Waals surface area contributed by atoms with E-state index in [0.717, 1.165) is 13.1 Å². The molecule has 0 spiro atoms. The Morgan fingerprint density at radius 2 is 1.76 bits per heavy atom. The number of carbonyl (C=O) groups excluding carboxylic acids is 1. The van der Waals surface area contributed by atoms with E-state index < -0.39 is 10.0 Å². The van der Waals surface area contributed by atoms with Crippen LogP contribution in [0.5, 0.6) is 0 Å². The van der Waals surface area contributed by atoms with Gasteiger partial charge in [-0.2, -0.15) is 8.42 Å². The van der Waals surface area contributed by atoms with Crippen molar-refractivity contribution >= 4 is 33.1 Å². The van der Waals surface area contributed by atoms with Gasteiger partial charge in [0.05, 0.1) is 12.1 Å². The number of fused-ring (bicyclic) bond motifs is 1. The van der Waals surface area contributed by atoms with Crippen molar-refractivity contribution < 1.29 is 13.2 Å². The van der Waals surface area contributed by atoms with Gasteiger partial charge in [0, 0.05) is 31.9 Å². The summed E-state index contributed by atoms with van der Waals surface area (Å²) in [5.41, 5.74) is 4.18. The smallest absolute Gasteiger partial charge is 0.286 e. The Morgan fingerprint density at radius 3 is 2.52 bits per heavy atom. The molecule has 2 aliphatic rings. The summed E-state index contributed by atoms with van der Waals surface area (Å²) in [5, 5.41) is 2.98. The first-order valence-electron chi connectivity index (χ1n) is 9.64. The van der Waals surface area contributed by atoms with Crippen molar-refractivity contribution in [1.82, 2.24) is 4.90 Å². The zero-order valence-corrected chi connectivity index (χ0v) is 17.4. The van der Waals surface area contributed by atoms with Gasteiger partial charge >= 0.3 is 0 Å². The van der Waals surface area contributed by atoms with Gasteiger partial charge in [0.15, 0.2) is 0 Å². The molecule has 1 amide bonds. The van der Waals surface area contributed by atoms with Crippen LogP contribution < -0.4 is 10.2 Å². The fourth-order valence-electron chi connectivity index (χ4n) is 3.77. The van der Waals surface area contributed by atoms with Crippen LogP contribution in [0.2, 0.25) is 0 Å². The minimum atomic E-state index is -3.77. The van der Waals surface area contributed by atoms with Gasteiger partial charge < -0.3 is 15.1 Å². The van der Waals surface area contributed by atoms with Crippen molar-refractivity contribution in [3.8, 4) is 0 Å². The standard InChI is InChI=1S/C21H24N4O3S/c1-15-6-5-8-18(16(15)2)24-10-12-25(13-11-24)21(26)14-20-22-17-7-3-4-9-19(17)29(27,28)23-20/h3-9H,10-14H2,1-2H3,(H,22,23). The molecular weight excluding hydrogens is 388 g/mol. The molecule has 4 rings (SSSR count). The molecule has 0 unspecified atom stereocenters. The van der Waals surface area contributed by atoms with Gasteiger partial charge in [0.1, 0.15) is 10.7 Å². The van der Waals surface area contributed by atoms with E-state index in [1.54, 1.807) is 23.1 Å². The van der Waals surface area contributed by atoms with Crippen molar-refractivity contribution in [3.05, 3.63) is 53.6 Å². The van der Waals surface area contributed by atoms with Crippen LogP contribution in [0.15, 0.2) is 51.8 Å². The average Bonchev–Trinajstić information content (AvgIpc) is 2.70. The number of sulfonamides is 1. The molecule has 1 saturated heterocycles. The highest BCUT2D eigenvalue weighted by Gasteiger charge is 2.28. The number of piperazine rings is 1. The minimum Gasteiger partial charge on any atom is -0.368 e. The molecule has 0 saturated carbocycles. The van der Waals surface area contributed by atoms with E-state index in [-0.39, 0.29) is 23.1 Å². The Kier molecular flexibility index (Phi) is 5.04. The van der Waals surface area contributed by atoms with Gasteiger partial charge in [-0.05, 0) is 43.2 Å². The Bertz CT molecular complexity index is 1090. The van der Waals surface area contributed by atoms with E-state index in [1.165, 1.54) is 22.9 Å². The number of anilines is 2. The maximum atomic E-state index is 12.7. The number of hydrogen-bond acceptors (Lipinski definition) is 5. The van der Waals surface area contributed by atoms with Crippen molar-refractivity contribution in [1.29, 1.82) is 0 Å². The normalized spacial score (nSPS) is 17.9. The third-order valence-corrected chi connectivity index (χ3v) is 6.91. The van der Waals surface area contributed by atoms with Crippen LogP contribution >= 0.6 is 0 Å². The fourth-order valence-corrected chi connectivity index (χ4v) is 4.92. The molecule has 1 fully saturated rings. The van der Waals surface area contributed by atoms with Gasteiger partial charge in [-0.1, -0.05) is 24.3 Å². The highest BCUT2D eigenvalue weighted by atomic mass is 32.2. The van der Waals surface area contributed by atoms with Crippen LogP contribution in [0.1, 0.15) is 17.5 Å². The van der Waals surface area contributed by atoms with Gasteiger partial charge in [-0.25, -0.2) is 0 Å². The molecule has 1 N–H and O–H groups in total. The quantitative estimate of drug-likeness (QED) is 0.838. The van der Waals surface area contributed by atoms with E-state index in [0.29, 0.717) is 18.8 Å². The second kappa shape index (κ2) is 7.51. The van der Waals surface area contributed by atoms with Gasteiger partial charge in [0.2, 0.25) is 5.91 Å². The molecular formula is C21H24N4O3S. The van der Waals surface area contributed by atoms with E-state index in [4.69, 9.17) is 0 Å². The van der Waals surface area contributed by atoms with Crippen molar-refractivity contribution in [2.45, 2.75) is 25.2 Å². The predicted molar refractivity (Wildman–Crippen MR) is 114 cm³/mol. The molecule has 2 aromatic rings. The lowest BCUT2D eigenvalue weighted by Gasteiger charge is -2.37. The Labute approximate surface area is 171 Å². The van der Waals surface area contributed by atoms with Crippen LogP contribution in [0.4, 0.5) is 11.4 Å². The SMILES string of the molecule is Cc1cccc(N2CCN(C(=O)CC3=NS(=O)(=O)c4ccccc4N3)CC2)c1C. The lowest BCUT2D eigenvalue weighted by Crippen LogP contribution is -2.49. The first-order chi connectivity index (χ1) is 13.8. The first kappa shape index (κ1) is 19.4. The van der Waals surface area contributed by atoms with Crippen LogP contribution in [-0.4, -0.2) is 51.2 Å². The van der Waals surface area contributed by atoms with Gasteiger partial charge in [-0.15, -0.1) is 4.40 Å². The number of para-hydroxylation sites is 1. The number of benzene rings is 2. The lowest BCUT2D eigenvalue weighted by atomic mass is 10.1. The second-order valence-corrected chi connectivity index (χ2v) is 8.97. The molecule has 152 valence electrons. The highest BCUT2D eigenvalue weighted by Crippen LogP contribution is 2.28. The molecule has 0 radical (unpaired) electrons. The third kappa shape index (κ3) is 3.85. The Balaban J connectivity index is 1.41. The molecule has 29 heavy (non-hydrogen) atoms. The topological polar surface area (TPSA) is 82.1 Å². The summed E-state index contributed by atoms with van der Waals surface area (Å²) in [6, 6.07) is 12.9. The van der Waals surface area contributed by atoms with Crippen molar-refractivity contribution in [2.24, 2.45) is 4.40 Å². The lowest BCUT2D eigenvalue weighted by molar-refractivity contribution is -0.130. The number of rotatable bonds is 3. The molecule has 2 aromatic carbocycles. The highest BCUT2D eigenvalue weighted by molar-refractivity contribution is 7.90. The number of amidine groups is 1. The molecule has 2 aliphatic heterocycles. The molecule has 0 atom stereocenters. The summed E-state index contributed by atoms with van der Waals surface area (Å²) in [6.45, 7) is 6.91. The van der Waals surface area contributed by atoms with Crippen molar-refractivity contribution in [2.75, 3.05) is 36.4 Å². The Hall–Kier alpha value is -2.87. The zero-order chi connectivity index (χ0) is 20.6. The molecule has 7 nitrogen and oxygen atoms in total.